The molecule has 0 saturated carbocycles. The van der Waals surface area contributed by atoms with E-state index in [0.29, 0.717) is 13.1 Å². The lowest BCUT2D eigenvalue weighted by atomic mass is 10.1. The fourth-order valence-electron chi connectivity index (χ4n) is 1.27. The molecule has 0 aromatic heterocycles. The number of rotatable bonds is 5. The fourth-order valence-corrected chi connectivity index (χ4v) is 1.27. The van der Waals surface area contributed by atoms with E-state index in [1.807, 2.05) is 0 Å². The molecule has 1 aromatic rings. The van der Waals surface area contributed by atoms with Gasteiger partial charge in [0.15, 0.2) is 0 Å². The van der Waals surface area contributed by atoms with Crippen molar-refractivity contribution in [3.63, 3.8) is 0 Å². The molecule has 0 saturated heterocycles. The van der Waals surface area contributed by atoms with Crippen molar-refractivity contribution in [3.05, 3.63) is 33.9 Å². The van der Waals surface area contributed by atoms with Gasteiger partial charge in [-0.05, 0) is 6.07 Å². The minimum atomic E-state index is -0.570. The average molecular weight is 239 g/mol. The zero-order chi connectivity index (χ0) is 12.8. The molecule has 0 heterocycles. The van der Waals surface area contributed by atoms with Gasteiger partial charge in [-0.3, -0.25) is 14.9 Å². The number of nitro benzene ring substituents is 1. The summed E-state index contributed by atoms with van der Waals surface area (Å²) in [5, 5.41) is 13.1. The highest BCUT2D eigenvalue weighted by molar-refractivity contribution is 5.97. The number of hydrogen-bond donors (Lipinski definition) is 2. The Bertz CT molecular complexity index is 434. The van der Waals surface area contributed by atoms with Gasteiger partial charge in [-0.15, -0.1) is 0 Å². The molecule has 0 aliphatic heterocycles. The predicted molar refractivity (Wildman–Crippen MR) is 61.0 cm³/mol. The second kappa shape index (κ2) is 5.80. The molecule has 0 spiro atoms. The molecule has 3 N–H and O–H groups in total. The molecule has 0 fully saturated rings. The number of ether oxygens (including phenoxy) is 1. The third-order valence-corrected chi connectivity index (χ3v) is 2.07. The number of amides is 1. The minimum Gasteiger partial charge on any atom is -0.496 e. The van der Waals surface area contributed by atoms with Crippen LogP contribution in [0.1, 0.15) is 10.4 Å². The summed E-state index contributed by atoms with van der Waals surface area (Å²) in [6, 6.07) is 3.83. The van der Waals surface area contributed by atoms with Crippen LogP contribution in [0.3, 0.4) is 0 Å². The van der Waals surface area contributed by atoms with E-state index in [1.54, 1.807) is 0 Å². The van der Waals surface area contributed by atoms with Gasteiger partial charge in [0.1, 0.15) is 5.75 Å². The van der Waals surface area contributed by atoms with Crippen LogP contribution in [0, 0.1) is 10.1 Å². The highest BCUT2D eigenvalue weighted by Gasteiger charge is 2.16. The summed E-state index contributed by atoms with van der Waals surface area (Å²) in [6.45, 7) is 0.591. The molecule has 0 aliphatic carbocycles. The van der Waals surface area contributed by atoms with Crippen LogP contribution in [0.25, 0.3) is 0 Å². The molecule has 0 bridgehead atoms. The summed E-state index contributed by atoms with van der Waals surface area (Å²) >= 11 is 0. The first-order valence-corrected chi connectivity index (χ1v) is 4.91. The Kier molecular flexibility index (Phi) is 4.41. The highest BCUT2D eigenvalue weighted by Crippen LogP contribution is 2.23. The van der Waals surface area contributed by atoms with E-state index in [9.17, 15) is 14.9 Å². The molecule has 17 heavy (non-hydrogen) atoms. The zero-order valence-electron chi connectivity index (χ0n) is 9.30. The minimum absolute atomic E-state index is 0.121. The normalized spacial score (nSPS) is 9.76. The van der Waals surface area contributed by atoms with E-state index in [4.69, 9.17) is 10.5 Å². The van der Waals surface area contributed by atoms with E-state index in [0.717, 1.165) is 0 Å². The summed E-state index contributed by atoms with van der Waals surface area (Å²) < 4.78 is 4.97. The standard InChI is InChI=1S/C10H13N3O4/c1-17-9-3-2-7(13(15)16)6-8(9)10(14)12-5-4-11/h2-3,6H,4-5,11H2,1H3,(H,12,14). The predicted octanol–water partition coefficient (Wildman–Crippen LogP) is 0.292. The van der Waals surface area contributed by atoms with E-state index >= 15 is 0 Å². The SMILES string of the molecule is COc1ccc([N+](=O)[O-])cc1C(=O)NCCN. The van der Waals surface area contributed by atoms with Crippen LogP contribution in [-0.2, 0) is 0 Å². The largest absolute Gasteiger partial charge is 0.496 e. The summed E-state index contributed by atoms with van der Waals surface area (Å²) in [7, 11) is 1.39. The number of carbonyl (C=O) groups is 1. The summed E-state index contributed by atoms with van der Waals surface area (Å²) in [5.41, 5.74) is 5.21. The molecule has 7 nitrogen and oxygen atoms in total. The lowest BCUT2D eigenvalue weighted by Crippen LogP contribution is -2.29. The lowest BCUT2D eigenvalue weighted by Gasteiger charge is -2.08. The summed E-state index contributed by atoms with van der Waals surface area (Å²) in [6.07, 6.45) is 0. The number of nitro groups is 1. The Labute approximate surface area is 97.7 Å². The first-order chi connectivity index (χ1) is 8.10. The van der Waals surface area contributed by atoms with Gasteiger partial charge in [0, 0.05) is 25.2 Å². The van der Waals surface area contributed by atoms with Crippen LogP contribution in [0.4, 0.5) is 5.69 Å². The van der Waals surface area contributed by atoms with Crippen molar-refractivity contribution in [2.75, 3.05) is 20.2 Å². The van der Waals surface area contributed by atoms with Gasteiger partial charge in [0.25, 0.3) is 11.6 Å². The number of hydrogen-bond acceptors (Lipinski definition) is 5. The molecular formula is C10H13N3O4. The van der Waals surface area contributed by atoms with Crippen molar-refractivity contribution in [1.82, 2.24) is 5.32 Å². The third-order valence-electron chi connectivity index (χ3n) is 2.07. The second-order valence-corrected chi connectivity index (χ2v) is 3.19. The van der Waals surface area contributed by atoms with Crippen LogP contribution in [-0.4, -0.2) is 31.0 Å². The maximum atomic E-state index is 11.7. The van der Waals surface area contributed by atoms with Crippen molar-refractivity contribution < 1.29 is 14.5 Å². The monoisotopic (exact) mass is 239 g/mol. The fraction of sp³-hybridized carbons (Fsp3) is 0.300. The van der Waals surface area contributed by atoms with Crippen LogP contribution < -0.4 is 15.8 Å². The van der Waals surface area contributed by atoms with Gasteiger partial charge in [-0.25, -0.2) is 0 Å². The maximum Gasteiger partial charge on any atom is 0.270 e. The van der Waals surface area contributed by atoms with Gasteiger partial charge >= 0.3 is 0 Å². The van der Waals surface area contributed by atoms with Crippen LogP contribution in [0.5, 0.6) is 5.75 Å². The summed E-state index contributed by atoms with van der Waals surface area (Å²) in [4.78, 5) is 21.7. The maximum absolute atomic E-state index is 11.7. The molecular weight excluding hydrogens is 226 g/mol. The molecule has 1 rings (SSSR count). The number of carbonyl (C=O) groups excluding carboxylic acids is 1. The molecule has 0 atom stereocenters. The molecule has 0 unspecified atom stereocenters. The smallest absolute Gasteiger partial charge is 0.270 e. The van der Waals surface area contributed by atoms with Crippen molar-refractivity contribution in [1.29, 1.82) is 0 Å². The van der Waals surface area contributed by atoms with E-state index in [1.165, 1.54) is 25.3 Å². The van der Waals surface area contributed by atoms with E-state index in [2.05, 4.69) is 5.32 Å². The van der Waals surface area contributed by atoms with Gasteiger partial charge in [-0.1, -0.05) is 0 Å². The number of non-ortho nitro benzene ring substituents is 1. The van der Waals surface area contributed by atoms with Gasteiger partial charge in [0.05, 0.1) is 17.6 Å². The average Bonchev–Trinajstić information content (AvgIpc) is 2.34. The van der Waals surface area contributed by atoms with E-state index < -0.39 is 10.8 Å². The molecule has 1 aromatic carbocycles. The van der Waals surface area contributed by atoms with Gasteiger partial charge in [0.2, 0.25) is 0 Å². The quantitative estimate of drug-likeness (QED) is 0.567. The Morgan fingerprint density at radius 2 is 2.29 bits per heavy atom. The molecule has 0 aliphatic rings. The topological polar surface area (TPSA) is 107 Å². The first-order valence-electron chi connectivity index (χ1n) is 4.91. The van der Waals surface area contributed by atoms with Gasteiger partial charge < -0.3 is 15.8 Å². The number of benzene rings is 1. The Balaban J connectivity index is 3.05. The van der Waals surface area contributed by atoms with Crippen molar-refractivity contribution >= 4 is 11.6 Å². The molecule has 1 amide bonds. The van der Waals surface area contributed by atoms with Crippen LogP contribution >= 0.6 is 0 Å². The van der Waals surface area contributed by atoms with Crippen molar-refractivity contribution in [2.45, 2.75) is 0 Å². The van der Waals surface area contributed by atoms with Crippen LogP contribution in [0.2, 0.25) is 0 Å². The van der Waals surface area contributed by atoms with E-state index in [-0.39, 0.29) is 17.0 Å². The van der Waals surface area contributed by atoms with Crippen molar-refractivity contribution in [2.24, 2.45) is 5.73 Å². The van der Waals surface area contributed by atoms with Crippen LogP contribution in [0.15, 0.2) is 18.2 Å². The lowest BCUT2D eigenvalue weighted by molar-refractivity contribution is -0.384. The Hall–Kier alpha value is -2.15. The summed E-state index contributed by atoms with van der Waals surface area (Å²) in [5.74, 6) is -0.166. The first kappa shape index (κ1) is 12.9. The number of nitrogens with two attached hydrogens (primary N) is 1. The zero-order valence-corrected chi connectivity index (χ0v) is 9.30. The van der Waals surface area contributed by atoms with Crippen molar-refractivity contribution in [3.8, 4) is 5.75 Å². The third kappa shape index (κ3) is 3.15. The van der Waals surface area contributed by atoms with Gasteiger partial charge in [-0.2, -0.15) is 0 Å². The Morgan fingerprint density at radius 3 is 2.82 bits per heavy atom. The second-order valence-electron chi connectivity index (χ2n) is 3.19. The number of nitrogens with zero attached hydrogens (tertiary/aromatic N) is 1. The Morgan fingerprint density at radius 1 is 1.59 bits per heavy atom. The molecule has 7 heteroatoms. The molecule has 0 radical (unpaired) electrons. The number of methoxy groups -OCH3 is 1. The molecule has 92 valence electrons. The highest BCUT2D eigenvalue weighted by atomic mass is 16.6. The number of nitrogens with one attached hydrogen (secondary N) is 1.